The van der Waals surface area contributed by atoms with Crippen molar-refractivity contribution in [1.29, 1.82) is 0 Å². The van der Waals surface area contributed by atoms with Crippen molar-refractivity contribution in [2.45, 2.75) is 12.8 Å². The molecule has 1 aromatic heterocycles. The summed E-state index contributed by atoms with van der Waals surface area (Å²) in [5.41, 5.74) is 3.10. The minimum absolute atomic E-state index is 0.0735. The SMILES string of the molecule is O=C1c2ncc(Br)cc2CCc2cccc(Cl)c21. The van der Waals surface area contributed by atoms with E-state index in [-0.39, 0.29) is 5.78 Å². The Bertz CT molecular complexity index is 654. The van der Waals surface area contributed by atoms with Crippen molar-refractivity contribution < 1.29 is 4.79 Å². The molecule has 18 heavy (non-hydrogen) atoms. The maximum atomic E-state index is 12.5. The number of aromatic nitrogens is 1. The normalized spacial score (nSPS) is 13.8. The number of carbonyl (C=O) groups is 1. The highest BCUT2D eigenvalue weighted by Gasteiger charge is 2.24. The van der Waals surface area contributed by atoms with Gasteiger partial charge >= 0.3 is 0 Å². The molecule has 0 aliphatic heterocycles. The molecule has 3 rings (SSSR count). The molecule has 0 bridgehead atoms. The minimum atomic E-state index is -0.0735. The molecule has 0 saturated heterocycles. The van der Waals surface area contributed by atoms with Crippen LogP contribution in [0, 0.1) is 0 Å². The van der Waals surface area contributed by atoms with Crippen molar-refractivity contribution in [3.63, 3.8) is 0 Å². The first-order chi connectivity index (χ1) is 8.66. The first-order valence-corrected chi connectivity index (χ1v) is 6.80. The lowest BCUT2D eigenvalue weighted by Gasteiger charge is -2.06. The van der Waals surface area contributed by atoms with Crippen LogP contribution in [0.5, 0.6) is 0 Å². The van der Waals surface area contributed by atoms with E-state index in [4.69, 9.17) is 11.6 Å². The van der Waals surface area contributed by atoms with Gasteiger partial charge in [-0.25, -0.2) is 0 Å². The molecule has 90 valence electrons. The van der Waals surface area contributed by atoms with Gasteiger partial charge < -0.3 is 0 Å². The Balaban J connectivity index is 2.24. The second-order valence-corrected chi connectivity index (χ2v) is 5.59. The molecule has 0 unspecified atom stereocenters. The number of carbonyl (C=O) groups excluding carboxylic acids is 1. The second kappa shape index (κ2) is 4.48. The molecule has 1 heterocycles. The van der Waals surface area contributed by atoms with Gasteiger partial charge in [-0.2, -0.15) is 0 Å². The van der Waals surface area contributed by atoms with Crippen molar-refractivity contribution in [2.24, 2.45) is 0 Å². The average Bonchev–Trinajstić information content (AvgIpc) is 2.48. The Kier molecular flexibility index (Phi) is 2.96. The third kappa shape index (κ3) is 1.88. The second-order valence-electron chi connectivity index (χ2n) is 4.26. The van der Waals surface area contributed by atoms with Gasteiger partial charge in [-0.1, -0.05) is 23.7 Å². The number of hydrogen-bond donors (Lipinski definition) is 0. The number of aryl methyl sites for hydroxylation is 2. The van der Waals surface area contributed by atoms with Crippen LogP contribution in [-0.2, 0) is 12.8 Å². The zero-order valence-electron chi connectivity index (χ0n) is 9.41. The topological polar surface area (TPSA) is 30.0 Å². The summed E-state index contributed by atoms with van der Waals surface area (Å²) in [7, 11) is 0. The fraction of sp³-hybridized carbons (Fsp3) is 0.143. The van der Waals surface area contributed by atoms with E-state index in [2.05, 4.69) is 20.9 Å². The molecule has 0 N–H and O–H groups in total. The first kappa shape index (κ1) is 11.9. The van der Waals surface area contributed by atoms with E-state index in [0.29, 0.717) is 16.3 Å². The standard InChI is InChI=1S/C14H9BrClNO/c15-10-6-9-5-4-8-2-1-3-11(16)12(8)14(18)13(9)17-7-10/h1-3,6-7H,4-5H2. The fourth-order valence-corrected chi connectivity index (χ4v) is 2.95. The predicted molar refractivity (Wildman–Crippen MR) is 74.2 cm³/mol. The Labute approximate surface area is 118 Å². The van der Waals surface area contributed by atoms with E-state index < -0.39 is 0 Å². The molecular formula is C14H9BrClNO. The van der Waals surface area contributed by atoms with Crippen molar-refractivity contribution >= 4 is 33.3 Å². The zero-order chi connectivity index (χ0) is 12.7. The minimum Gasteiger partial charge on any atom is -0.287 e. The van der Waals surface area contributed by atoms with Crippen LogP contribution in [-0.4, -0.2) is 10.8 Å². The third-order valence-corrected chi connectivity index (χ3v) is 3.89. The van der Waals surface area contributed by atoms with Crippen molar-refractivity contribution in [2.75, 3.05) is 0 Å². The summed E-state index contributed by atoms with van der Waals surface area (Å²) in [4.78, 5) is 16.7. The monoisotopic (exact) mass is 321 g/mol. The number of hydrogen-bond acceptors (Lipinski definition) is 2. The summed E-state index contributed by atoms with van der Waals surface area (Å²) < 4.78 is 0.895. The summed E-state index contributed by atoms with van der Waals surface area (Å²) in [6, 6.07) is 7.55. The van der Waals surface area contributed by atoms with Gasteiger partial charge in [0.05, 0.1) is 5.02 Å². The van der Waals surface area contributed by atoms with Crippen LogP contribution >= 0.6 is 27.5 Å². The summed E-state index contributed by atoms with van der Waals surface area (Å²) in [5.74, 6) is -0.0735. The van der Waals surface area contributed by atoms with Crippen molar-refractivity contribution in [1.82, 2.24) is 4.98 Å². The first-order valence-electron chi connectivity index (χ1n) is 5.63. The molecule has 1 aliphatic carbocycles. The predicted octanol–water partition coefficient (Wildman–Crippen LogP) is 3.83. The quantitative estimate of drug-likeness (QED) is 0.738. The lowest BCUT2D eigenvalue weighted by Crippen LogP contribution is -2.07. The van der Waals surface area contributed by atoms with Crippen molar-refractivity contribution in [3.05, 3.63) is 62.3 Å². The molecule has 2 aromatic rings. The Morgan fingerprint density at radius 3 is 2.83 bits per heavy atom. The molecular weight excluding hydrogens is 314 g/mol. The van der Waals surface area contributed by atoms with Gasteiger partial charge in [-0.3, -0.25) is 9.78 Å². The van der Waals surface area contributed by atoms with Gasteiger partial charge in [0, 0.05) is 16.2 Å². The van der Waals surface area contributed by atoms with Crippen LogP contribution in [0.15, 0.2) is 34.9 Å². The van der Waals surface area contributed by atoms with E-state index in [9.17, 15) is 4.79 Å². The summed E-state index contributed by atoms with van der Waals surface area (Å²) >= 11 is 9.54. The Hall–Kier alpha value is -1.19. The van der Waals surface area contributed by atoms with Gasteiger partial charge in [0.15, 0.2) is 0 Å². The van der Waals surface area contributed by atoms with Gasteiger partial charge in [0.2, 0.25) is 5.78 Å². The van der Waals surface area contributed by atoms with Crippen LogP contribution in [0.3, 0.4) is 0 Å². The Morgan fingerprint density at radius 2 is 2.00 bits per heavy atom. The molecule has 0 fully saturated rings. The lowest BCUT2D eigenvalue weighted by atomic mass is 10.0. The van der Waals surface area contributed by atoms with Gasteiger partial charge in [0.25, 0.3) is 0 Å². The van der Waals surface area contributed by atoms with Crippen LogP contribution < -0.4 is 0 Å². The smallest absolute Gasteiger partial charge is 0.213 e. The highest BCUT2D eigenvalue weighted by molar-refractivity contribution is 9.10. The molecule has 1 aliphatic rings. The van der Waals surface area contributed by atoms with Crippen LogP contribution in [0.1, 0.15) is 27.2 Å². The van der Waals surface area contributed by atoms with E-state index in [1.165, 1.54) is 0 Å². The maximum Gasteiger partial charge on any atom is 0.213 e. The number of halogens is 2. The van der Waals surface area contributed by atoms with E-state index >= 15 is 0 Å². The molecule has 4 heteroatoms. The average molecular weight is 323 g/mol. The number of ketones is 1. The molecule has 2 nitrogen and oxygen atoms in total. The summed E-state index contributed by atoms with van der Waals surface area (Å²) in [6.07, 6.45) is 3.27. The van der Waals surface area contributed by atoms with Crippen molar-refractivity contribution in [3.8, 4) is 0 Å². The lowest BCUT2D eigenvalue weighted by molar-refractivity contribution is 0.103. The molecule has 0 amide bonds. The Morgan fingerprint density at radius 1 is 1.22 bits per heavy atom. The highest BCUT2D eigenvalue weighted by Crippen LogP contribution is 2.29. The van der Waals surface area contributed by atoms with E-state index in [1.807, 2.05) is 18.2 Å². The molecule has 0 radical (unpaired) electrons. The molecule has 1 aromatic carbocycles. The number of fused-ring (bicyclic) bond motifs is 2. The maximum absolute atomic E-state index is 12.5. The fourth-order valence-electron chi connectivity index (χ4n) is 2.30. The van der Waals surface area contributed by atoms with Gasteiger partial charge in [0.1, 0.15) is 5.69 Å². The zero-order valence-corrected chi connectivity index (χ0v) is 11.8. The molecule has 0 spiro atoms. The molecule has 0 atom stereocenters. The number of nitrogens with zero attached hydrogens (tertiary/aromatic N) is 1. The third-order valence-electron chi connectivity index (χ3n) is 3.14. The van der Waals surface area contributed by atoms with Crippen LogP contribution in [0.2, 0.25) is 5.02 Å². The van der Waals surface area contributed by atoms with E-state index in [1.54, 1.807) is 12.3 Å². The van der Waals surface area contributed by atoms with E-state index in [0.717, 1.165) is 28.4 Å². The highest BCUT2D eigenvalue weighted by atomic mass is 79.9. The van der Waals surface area contributed by atoms with Gasteiger partial charge in [-0.05, 0) is 52.0 Å². The molecule has 0 saturated carbocycles. The number of rotatable bonds is 0. The van der Waals surface area contributed by atoms with Crippen LogP contribution in [0.25, 0.3) is 0 Å². The number of benzene rings is 1. The summed E-state index contributed by atoms with van der Waals surface area (Å²) in [5, 5.41) is 0.509. The van der Waals surface area contributed by atoms with Gasteiger partial charge in [-0.15, -0.1) is 0 Å². The van der Waals surface area contributed by atoms with Crippen LogP contribution in [0.4, 0.5) is 0 Å². The summed E-state index contributed by atoms with van der Waals surface area (Å²) in [6.45, 7) is 0. The largest absolute Gasteiger partial charge is 0.287 e. The number of pyridine rings is 1.